The van der Waals surface area contributed by atoms with Gasteiger partial charge in [0, 0.05) is 18.4 Å². The van der Waals surface area contributed by atoms with Crippen molar-refractivity contribution in [1.29, 1.82) is 0 Å². The van der Waals surface area contributed by atoms with Crippen molar-refractivity contribution in [2.45, 2.75) is 50.9 Å². The molecule has 4 unspecified atom stereocenters. The number of hydrogen-bond acceptors (Lipinski definition) is 4. The molecule has 18 heavy (non-hydrogen) atoms. The molecule has 1 aromatic heterocycles. The Labute approximate surface area is 107 Å². The molecular formula is C14H21NO3. The molecule has 3 rings (SSSR count). The van der Waals surface area contributed by atoms with Gasteiger partial charge in [-0.3, -0.25) is 0 Å². The van der Waals surface area contributed by atoms with Crippen molar-refractivity contribution >= 4 is 0 Å². The second-order valence-corrected chi connectivity index (χ2v) is 5.53. The molecule has 4 atom stereocenters. The first kappa shape index (κ1) is 12.2. The van der Waals surface area contributed by atoms with E-state index in [2.05, 4.69) is 0 Å². The van der Waals surface area contributed by atoms with Gasteiger partial charge in [0.25, 0.3) is 0 Å². The van der Waals surface area contributed by atoms with Gasteiger partial charge in [0.05, 0.1) is 12.2 Å². The van der Waals surface area contributed by atoms with E-state index in [0.717, 1.165) is 31.4 Å². The lowest BCUT2D eigenvalue weighted by atomic mass is 9.69. The van der Waals surface area contributed by atoms with E-state index in [1.165, 1.54) is 0 Å². The summed E-state index contributed by atoms with van der Waals surface area (Å²) >= 11 is 0. The van der Waals surface area contributed by atoms with Crippen LogP contribution in [0.2, 0.25) is 0 Å². The molecule has 4 heteroatoms. The second kappa shape index (κ2) is 4.37. The van der Waals surface area contributed by atoms with Gasteiger partial charge in [0.1, 0.15) is 17.6 Å². The van der Waals surface area contributed by atoms with E-state index in [0.29, 0.717) is 12.3 Å². The van der Waals surface area contributed by atoms with Crippen LogP contribution in [0.5, 0.6) is 0 Å². The van der Waals surface area contributed by atoms with Crippen LogP contribution in [0.3, 0.4) is 0 Å². The lowest BCUT2D eigenvalue weighted by molar-refractivity contribution is -0.0370. The first-order valence-electron chi connectivity index (χ1n) is 6.82. The summed E-state index contributed by atoms with van der Waals surface area (Å²) in [5, 5.41) is 10.6. The van der Waals surface area contributed by atoms with Crippen LogP contribution in [0.15, 0.2) is 16.5 Å². The van der Waals surface area contributed by atoms with Gasteiger partial charge in [-0.05, 0) is 31.4 Å². The van der Waals surface area contributed by atoms with Crippen LogP contribution in [0.1, 0.15) is 43.8 Å². The first-order valence-corrected chi connectivity index (χ1v) is 6.82. The zero-order valence-corrected chi connectivity index (χ0v) is 10.8. The monoisotopic (exact) mass is 251 g/mol. The maximum absolute atomic E-state index is 10.6. The Morgan fingerprint density at radius 2 is 2.33 bits per heavy atom. The molecule has 2 aliphatic rings. The highest BCUT2D eigenvalue weighted by Crippen LogP contribution is 2.53. The molecule has 3 heterocycles. The number of aliphatic hydroxyl groups excluding tert-OH is 1. The van der Waals surface area contributed by atoms with E-state index in [1.54, 1.807) is 0 Å². The summed E-state index contributed by atoms with van der Waals surface area (Å²) in [7, 11) is 0. The van der Waals surface area contributed by atoms with Crippen molar-refractivity contribution in [3.63, 3.8) is 0 Å². The Hall–Kier alpha value is -0.840. The Bertz CT molecular complexity index is 430. The molecule has 0 radical (unpaired) electrons. The largest absolute Gasteiger partial charge is 0.463 e. The van der Waals surface area contributed by atoms with Gasteiger partial charge in [-0.2, -0.15) is 0 Å². The number of rotatable bonds is 4. The highest BCUT2D eigenvalue weighted by molar-refractivity contribution is 5.16. The molecule has 100 valence electrons. The number of aryl methyl sites for hydroxylation is 1. The van der Waals surface area contributed by atoms with Gasteiger partial charge in [-0.15, -0.1) is 0 Å². The summed E-state index contributed by atoms with van der Waals surface area (Å²) in [5.41, 5.74) is 5.60. The highest BCUT2D eigenvalue weighted by Gasteiger charge is 2.56. The topological polar surface area (TPSA) is 68.6 Å². The van der Waals surface area contributed by atoms with Gasteiger partial charge in [0.15, 0.2) is 0 Å². The van der Waals surface area contributed by atoms with Crippen LogP contribution in [0, 0.1) is 5.41 Å². The fourth-order valence-corrected chi connectivity index (χ4v) is 3.46. The molecule has 0 amide bonds. The summed E-state index contributed by atoms with van der Waals surface area (Å²) in [6.45, 7) is 2.48. The summed E-state index contributed by atoms with van der Waals surface area (Å²) in [6.07, 6.45) is 3.48. The number of furan rings is 1. The lowest BCUT2D eigenvalue weighted by Gasteiger charge is -2.37. The number of ether oxygens (including phenoxy) is 1. The second-order valence-electron chi connectivity index (χ2n) is 5.53. The molecule has 2 aliphatic heterocycles. The molecule has 1 aromatic rings. The zero-order chi connectivity index (χ0) is 12.8. The minimum absolute atomic E-state index is 0.0812. The minimum Gasteiger partial charge on any atom is -0.463 e. The SMILES string of the molecule is CCc1ccc(C(O)C2(CN)CC3CCC2O3)o1. The molecule has 2 saturated heterocycles. The normalized spacial score (nSPS) is 36.2. The van der Waals surface area contributed by atoms with E-state index in [1.807, 2.05) is 19.1 Å². The Morgan fingerprint density at radius 3 is 2.83 bits per heavy atom. The summed E-state index contributed by atoms with van der Waals surface area (Å²) in [6, 6.07) is 3.80. The maximum Gasteiger partial charge on any atom is 0.133 e. The average Bonchev–Trinajstić information content (AvgIpc) is 3.12. The standard InChI is InChI=1S/C14H21NO3/c1-2-9-3-5-11(17-9)13(16)14(8-15)7-10-4-6-12(14)18-10/h3,5,10,12-13,16H,2,4,6-8,15H2,1H3. The fourth-order valence-electron chi connectivity index (χ4n) is 3.46. The third-order valence-electron chi connectivity index (χ3n) is 4.58. The van der Waals surface area contributed by atoms with Gasteiger partial charge < -0.3 is 20.0 Å². The van der Waals surface area contributed by atoms with Crippen LogP contribution in [0.4, 0.5) is 0 Å². The van der Waals surface area contributed by atoms with Crippen LogP contribution < -0.4 is 5.73 Å². The fraction of sp³-hybridized carbons (Fsp3) is 0.714. The molecule has 0 aliphatic carbocycles. The lowest BCUT2D eigenvalue weighted by Crippen LogP contribution is -2.44. The number of fused-ring (bicyclic) bond motifs is 2. The van der Waals surface area contributed by atoms with Crippen LogP contribution in [-0.4, -0.2) is 23.9 Å². The molecule has 3 N–H and O–H groups in total. The van der Waals surface area contributed by atoms with Crippen LogP contribution >= 0.6 is 0 Å². The smallest absolute Gasteiger partial charge is 0.133 e. The molecule has 0 spiro atoms. The van der Waals surface area contributed by atoms with E-state index in [9.17, 15) is 5.11 Å². The van der Waals surface area contributed by atoms with Gasteiger partial charge >= 0.3 is 0 Å². The van der Waals surface area contributed by atoms with Crippen molar-refractivity contribution in [1.82, 2.24) is 0 Å². The van der Waals surface area contributed by atoms with E-state index in [4.69, 9.17) is 14.9 Å². The number of hydrogen-bond donors (Lipinski definition) is 2. The van der Waals surface area contributed by atoms with Crippen LogP contribution in [-0.2, 0) is 11.2 Å². The van der Waals surface area contributed by atoms with Gasteiger partial charge in [-0.1, -0.05) is 6.92 Å². The molecule has 4 nitrogen and oxygen atoms in total. The van der Waals surface area contributed by atoms with Crippen molar-refractivity contribution < 1.29 is 14.3 Å². The van der Waals surface area contributed by atoms with Crippen molar-refractivity contribution in [2.24, 2.45) is 11.1 Å². The van der Waals surface area contributed by atoms with Crippen molar-refractivity contribution in [3.8, 4) is 0 Å². The molecule has 0 saturated carbocycles. The molecule has 0 aromatic carbocycles. The predicted octanol–water partition coefficient (Wildman–Crippen LogP) is 1.77. The Morgan fingerprint density at radius 1 is 1.50 bits per heavy atom. The van der Waals surface area contributed by atoms with Crippen molar-refractivity contribution in [3.05, 3.63) is 23.7 Å². The predicted molar refractivity (Wildman–Crippen MR) is 67.0 cm³/mol. The minimum atomic E-state index is -0.655. The van der Waals surface area contributed by atoms with Crippen molar-refractivity contribution in [2.75, 3.05) is 6.54 Å². The van der Waals surface area contributed by atoms with E-state index >= 15 is 0 Å². The Balaban J connectivity index is 1.87. The molecule has 2 fully saturated rings. The highest BCUT2D eigenvalue weighted by atomic mass is 16.5. The average molecular weight is 251 g/mol. The zero-order valence-electron chi connectivity index (χ0n) is 10.8. The third kappa shape index (κ3) is 1.63. The van der Waals surface area contributed by atoms with Gasteiger partial charge in [0.2, 0.25) is 0 Å². The maximum atomic E-state index is 10.6. The summed E-state index contributed by atoms with van der Waals surface area (Å²) in [5.74, 6) is 1.54. The van der Waals surface area contributed by atoms with E-state index in [-0.39, 0.29) is 17.6 Å². The quantitative estimate of drug-likeness (QED) is 0.855. The van der Waals surface area contributed by atoms with Crippen LogP contribution in [0.25, 0.3) is 0 Å². The van der Waals surface area contributed by atoms with Gasteiger partial charge in [-0.25, -0.2) is 0 Å². The first-order chi connectivity index (χ1) is 8.69. The number of aliphatic hydroxyl groups is 1. The Kier molecular flexibility index (Phi) is 2.96. The van der Waals surface area contributed by atoms with E-state index < -0.39 is 6.10 Å². The molecule has 2 bridgehead atoms. The summed E-state index contributed by atoms with van der Waals surface area (Å²) < 4.78 is 11.6. The number of nitrogens with two attached hydrogens (primary N) is 1. The third-order valence-corrected chi connectivity index (χ3v) is 4.58. The summed E-state index contributed by atoms with van der Waals surface area (Å²) in [4.78, 5) is 0. The molecular weight excluding hydrogens is 230 g/mol.